The third-order valence-corrected chi connectivity index (χ3v) is 2.07. The minimum atomic E-state index is -4.46. The minimum Gasteiger partial charge on any atom is -0.469 e. The number of hydrogen-bond donors (Lipinski definition) is 0. The van der Waals surface area contributed by atoms with Gasteiger partial charge in [-0.2, -0.15) is 13.2 Å². The van der Waals surface area contributed by atoms with Crippen LogP contribution >= 0.6 is 0 Å². The number of methoxy groups -OCH3 is 1. The van der Waals surface area contributed by atoms with E-state index in [1.54, 1.807) is 6.92 Å². The van der Waals surface area contributed by atoms with Crippen LogP contribution in [0.15, 0.2) is 0 Å². The zero-order valence-electron chi connectivity index (χ0n) is 10.4. The van der Waals surface area contributed by atoms with Crippen molar-refractivity contribution in [3.8, 4) is 0 Å². The van der Waals surface area contributed by atoms with Gasteiger partial charge in [0.15, 0.2) is 0 Å². The molecule has 5 nitrogen and oxygen atoms in total. The van der Waals surface area contributed by atoms with Crippen LogP contribution in [0.5, 0.6) is 0 Å². The standard InChI is InChI=1S/C10H16F3NO4/c1-7(9(16)17-3)4-14(2)8(15)5-18-6-10(11,12)13/h7H,4-6H2,1-3H3. The molecule has 0 fully saturated rings. The van der Waals surface area contributed by atoms with Crippen LogP contribution in [0.25, 0.3) is 0 Å². The van der Waals surface area contributed by atoms with Gasteiger partial charge in [-0.25, -0.2) is 0 Å². The van der Waals surface area contributed by atoms with Crippen molar-refractivity contribution in [3.63, 3.8) is 0 Å². The second-order valence-electron chi connectivity index (χ2n) is 3.81. The molecule has 0 spiro atoms. The Hall–Kier alpha value is -1.31. The number of likely N-dealkylation sites (N-methyl/N-ethyl adjacent to an activating group) is 1. The number of halogens is 3. The fourth-order valence-corrected chi connectivity index (χ4v) is 1.15. The monoisotopic (exact) mass is 271 g/mol. The van der Waals surface area contributed by atoms with Crippen molar-refractivity contribution < 1.29 is 32.2 Å². The number of ether oxygens (including phenoxy) is 2. The molecule has 8 heteroatoms. The van der Waals surface area contributed by atoms with E-state index in [1.807, 2.05) is 0 Å². The van der Waals surface area contributed by atoms with Crippen molar-refractivity contribution in [2.45, 2.75) is 13.1 Å². The van der Waals surface area contributed by atoms with E-state index in [4.69, 9.17) is 0 Å². The predicted molar refractivity (Wildman–Crippen MR) is 55.7 cm³/mol. The summed E-state index contributed by atoms with van der Waals surface area (Å²) in [7, 11) is 2.59. The van der Waals surface area contributed by atoms with Crippen LogP contribution in [0.4, 0.5) is 13.2 Å². The van der Waals surface area contributed by atoms with Crippen molar-refractivity contribution in [2.75, 3.05) is 33.9 Å². The van der Waals surface area contributed by atoms with E-state index in [2.05, 4.69) is 9.47 Å². The lowest BCUT2D eigenvalue weighted by Crippen LogP contribution is -2.37. The van der Waals surface area contributed by atoms with Crippen molar-refractivity contribution in [1.82, 2.24) is 4.90 Å². The maximum Gasteiger partial charge on any atom is 0.411 e. The molecule has 1 unspecified atom stereocenters. The molecule has 0 saturated carbocycles. The van der Waals surface area contributed by atoms with Crippen LogP contribution < -0.4 is 0 Å². The molecule has 0 aliphatic heterocycles. The summed E-state index contributed by atoms with van der Waals surface area (Å²) in [6.45, 7) is -0.546. The largest absolute Gasteiger partial charge is 0.469 e. The summed E-state index contributed by atoms with van der Waals surface area (Å²) in [4.78, 5) is 23.6. The first-order chi connectivity index (χ1) is 8.17. The van der Waals surface area contributed by atoms with E-state index in [-0.39, 0.29) is 6.54 Å². The molecule has 0 N–H and O–H groups in total. The quantitative estimate of drug-likeness (QED) is 0.671. The lowest BCUT2D eigenvalue weighted by molar-refractivity contribution is -0.177. The Morgan fingerprint density at radius 1 is 1.33 bits per heavy atom. The fraction of sp³-hybridized carbons (Fsp3) is 0.800. The highest BCUT2D eigenvalue weighted by atomic mass is 19.4. The molecule has 0 aromatic heterocycles. The molecule has 106 valence electrons. The third kappa shape index (κ3) is 7.10. The first-order valence-corrected chi connectivity index (χ1v) is 5.13. The summed E-state index contributed by atoms with van der Waals surface area (Å²) in [6.07, 6.45) is -4.46. The lowest BCUT2D eigenvalue weighted by Gasteiger charge is -2.20. The van der Waals surface area contributed by atoms with Gasteiger partial charge < -0.3 is 14.4 Å². The van der Waals surface area contributed by atoms with Crippen LogP contribution in [0.2, 0.25) is 0 Å². The summed E-state index contributed by atoms with van der Waals surface area (Å²) < 4.78 is 44.0. The molecular weight excluding hydrogens is 255 g/mol. The van der Waals surface area contributed by atoms with Crippen LogP contribution in [-0.4, -0.2) is 56.9 Å². The van der Waals surface area contributed by atoms with E-state index in [9.17, 15) is 22.8 Å². The maximum atomic E-state index is 11.8. The van der Waals surface area contributed by atoms with Gasteiger partial charge in [0.25, 0.3) is 0 Å². The average Bonchev–Trinajstić information content (AvgIpc) is 2.25. The van der Waals surface area contributed by atoms with Gasteiger partial charge in [0, 0.05) is 13.6 Å². The van der Waals surface area contributed by atoms with E-state index < -0.39 is 37.2 Å². The third-order valence-electron chi connectivity index (χ3n) is 2.07. The molecule has 1 amide bonds. The summed E-state index contributed by atoms with van der Waals surface area (Å²) in [6, 6.07) is 0. The molecule has 0 aromatic rings. The average molecular weight is 271 g/mol. The van der Waals surface area contributed by atoms with Gasteiger partial charge in [0.2, 0.25) is 5.91 Å². The Morgan fingerprint density at radius 3 is 2.33 bits per heavy atom. The first-order valence-electron chi connectivity index (χ1n) is 5.13. The number of esters is 1. The highest BCUT2D eigenvalue weighted by Gasteiger charge is 2.28. The smallest absolute Gasteiger partial charge is 0.411 e. The van der Waals surface area contributed by atoms with Gasteiger partial charge in [0.1, 0.15) is 13.2 Å². The number of rotatable bonds is 6. The van der Waals surface area contributed by atoms with Gasteiger partial charge in [0.05, 0.1) is 13.0 Å². The Bertz CT molecular complexity index is 293. The molecule has 1 atom stereocenters. The Balaban J connectivity index is 4.00. The second-order valence-corrected chi connectivity index (χ2v) is 3.81. The van der Waals surface area contributed by atoms with Gasteiger partial charge in [-0.05, 0) is 0 Å². The molecule has 18 heavy (non-hydrogen) atoms. The van der Waals surface area contributed by atoms with Gasteiger partial charge in [-0.3, -0.25) is 9.59 Å². The maximum absolute atomic E-state index is 11.8. The molecule has 0 aromatic carbocycles. The highest BCUT2D eigenvalue weighted by Crippen LogP contribution is 2.14. The number of carbonyl (C=O) groups excluding carboxylic acids is 2. The number of alkyl halides is 3. The molecular formula is C10H16F3NO4. The minimum absolute atomic E-state index is 0.0564. The van der Waals surface area contributed by atoms with Gasteiger partial charge >= 0.3 is 12.1 Å². The molecule has 0 saturated heterocycles. The summed E-state index contributed by atoms with van der Waals surface area (Å²) in [5.74, 6) is -1.67. The van der Waals surface area contributed by atoms with Crippen LogP contribution in [0.3, 0.4) is 0 Å². The summed E-state index contributed by atoms with van der Waals surface area (Å²) in [5, 5.41) is 0. The van der Waals surface area contributed by atoms with Crippen LogP contribution in [0.1, 0.15) is 6.92 Å². The predicted octanol–water partition coefficient (Wildman–Crippen LogP) is 0.833. The van der Waals surface area contributed by atoms with Crippen molar-refractivity contribution in [3.05, 3.63) is 0 Å². The first kappa shape index (κ1) is 16.7. The van der Waals surface area contributed by atoms with Gasteiger partial charge in [-0.1, -0.05) is 6.92 Å². The number of carbonyl (C=O) groups is 2. The van der Waals surface area contributed by atoms with Gasteiger partial charge in [-0.15, -0.1) is 0 Å². The Morgan fingerprint density at radius 2 is 1.89 bits per heavy atom. The summed E-state index contributed by atoms with van der Waals surface area (Å²) >= 11 is 0. The Kier molecular flexibility index (Phi) is 6.67. The lowest BCUT2D eigenvalue weighted by atomic mass is 10.2. The molecule has 0 aliphatic carbocycles. The number of nitrogens with zero attached hydrogens (tertiary/aromatic N) is 1. The van der Waals surface area contributed by atoms with E-state index in [0.717, 1.165) is 4.90 Å². The highest BCUT2D eigenvalue weighted by molar-refractivity contribution is 5.78. The summed E-state index contributed by atoms with van der Waals surface area (Å²) in [5.41, 5.74) is 0. The number of amides is 1. The number of hydrogen-bond acceptors (Lipinski definition) is 4. The van der Waals surface area contributed by atoms with E-state index in [1.165, 1.54) is 14.2 Å². The van der Waals surface area contributed by atoms with Crippen molar-refractivity contribution in [1.29, 1.82) is 0 Å². The zero-order chi connectivity index (χ0) is 14.3. The topological polar surface area (TPSA) is 55.8 Å². The van der Waals surface area contributed by atoms with Crippen LogP contribution in [0, 0.1) is 5.92 Å². The zero-order valence-corrected chi connectivity index (χ0v) is 10.4. The SMILES string of the molecule is COC(=O)C(C)CN(C)C(=O)COCC(F)(F)F. The fourth-order valence-electron chi connectivity index (χ4n) is 1.15. The van der Waals surface area contributed by atoms with Crippen LogP contribution in [-0.2, 0) is 19.1 Å². The molecule has 0 radical (unpaired) electrons. The molecule has 0 heterocycles. The second kappa shape index (κ2) is 7.20. The van der Waals surface area contributed by atoms with E-state index in [0.29, 0.717) is 0 Å². The normalized spacial score (nSPS) is 13.0. The molecule has 0 aliphatic rings. The molecule has 0 rings (SSSR count). The van der Waals surface area contributed by atoms with Crippen molar-refractivity contribution >= 4 is 11.9 Å². The molecule has 0 bridgehead atoms. The Labute approximate surface area is 103 Å². The van der Waals surface area contributed by atoms with E-state index >= 15 is 0 Å². The van der Waals surface area contributed by atoms with Crippen molar-refractivity contribution in [2.24, 2.45) is 5.92 Å².